The highest BCUT2D eigenvalue weighted by Gasteiger charge is 2.23. The van der Waals surface area contributed by atoms with Crippen LogP contribution in [0.15, 0.2) is 11.6 Å². The Hall–Kier alpha value is -0.340. The molecule has 0 heterocycles. The van der Waals surface area contributed by atoms with Gasteiger partial charge in [-0.15, -0.1) is 0 Å². The Morgan fingerprint density at radius 2 is 2.12 bits per heavy atom. The third-order valence-electron chi connectivity index (χ3n) is 3.61. The predicted octanol–water partition coefficient (Wildman–Crippen LogP) is 3.67. The first-order chi connectivity index (χ1) is 8.33. The molecule has 0 aromatic rings. The molecule has 2 unspecified atom stereocenters. The molecule has 0 amide bonds. The maximum atomic E-state index is 5.93. The van der Waals surface area contributed by atoms with Crippen LogP contribution in [0.25, 0.3) is 0 Å². The Balaban J connectivity index is 2.67. The van der Waals surface area contributed by atoms with E-state index in [2.05, 4.69) is 32.3 Å². The molecule has 0 fully saturated rings. The molecule has 0 aromatic carbocycles. The Kier molecular flexibility index (Phi) is 7.54. The van der Waals surface area contributed by atoms with Crippen molar-refractivity contribution in [3.05, 3.63) is 11.6 Å². The maximum Gasteiger partial charge on any atom is 0.0766 e. The predicted molar refractivity (Wildman–Crippen MR) is 74.3 cm³/mol. The highest BCUT2D eigenvalue weighted by Crippen LogP contribution is 2.24. The van der Waals surface area contributed by atoms with Gasteiger partial charge in [-0.05, 0) is 46.1 Å². The minimum Gasteiger partial charge on any atom is -0.377 e. The summed E-state index contributed by atoms with van der Waals surface area (Å²) in [5.41, 5.74) is 1.58. The van der Waals surface area contributed by atoms with Crippen molar-refractivity contribution in [1.29, 1.82) is 0 Å². The van der Waals surface area contributed by atoms with E-state index >= 15 is 0 Å². The van der Waals surface area contributed by atoms with Crippen LogP contribution in [-0.2, 0) is 4.74 Å². The first-order valence-electron chi connectivity index (χ1n) is 7.31. The third-order valence-corrected chi connectivity index (χ3v) is 3.61. The zero-order chi connectivity index (χ0) is 12.5. The molecule has 2 atom stereocenters. The average molecular weight is 239 g/mol. The van der Waals surface area contributed by atoms with Gasteiger partial charge in [0.1, 0.15) is 0 Å². The second kappa shape index (κ2) is 8.71. The highest BCUT2D eigenvalue weighted by atomic mass is 16.5. The Morgan fingerprint density at radius 1 is 1.29 bits per heavy atom. The smallest absolute Gasteiger partial charge is 0.0766 e. The van der Waals surface area contributed by atoms with Crippen molar-refractivity contribution in [2.45, 2.75) is 70.9 Å². The van der Waals surface area contributed by atoms with Gasteiger partial charge in [0.05, 0.1) is 12.1 Å². The molecule has 1 aliphatic carbocycles. The van der Waals surface area contributed by atoms with Gasteiger partial charge in [-0.2, -0.15) is 0 Å². The molecule has 1 aliphatic rings. The first kappa shape index (κ1) is 14.7. The molecule has 100 valence electrons. The lowest BCUT2D eigenvalue weighted by molar-refractivity contribution is 0.0378. The highest BCUT2D eigenvalue weighted by molar-refractivity contribution is 5.14. The Bertz CT molecular complexity index is 219. The Labute approximate surface area is 107 Å². The molecule has 0 saturated carbocycles. The fourth-order valence-electron chi connectivity index (χ4n) is 2.78. The molecule has 17 heavy (non-hydrogen) atoms. The lowest BCUT2D eigenvalue weighted by Gasteiger charge is -2.29. The van der Waals surface area contributed by atoms with Gasteiger partial charge < -0.3 is 10.1 Å². The van der Waals surface area contributed by atoms with Crippen molar-refractivity contribution in [3.8, 4) is 0 Å². The largest absolute Gasteiger partial charge is 0.377 e. The zero-order valence-electron chi connectivity index (χ0n) is 11.8. The summed E-state index contributed by atoms with van der Waals surface area (Å²) < 4.78 is 5.93. The van der Waals surface area contributed by atoms with E-state index in [0.29, 0.717) is 12.1 Å². The van der Waals surface area contributed by atoms with Crippen molar-refractivity contribution < 1.29 is 4.74 Å². The number of hydrogen-bond acceptors (Lipinski definition) is 2. The van der Waals surface area contributed by atoms with Gasteiger partial charge in [0.25, 0.3) is 0 Å². The summed E-state index contributed by atoms with van der Waals surface area (Å²) in [4.78, 5) is 0. The van der Waals surface area contributed by atoms with Crippen molar-refractivity contribution in [2.75, 3.05) is 13.7 Å². The van der Waals surface area contributed by atoms with Crippen molar-refractivity contribution in [3.63, 3.8) is 0 Å². The fraction of sp³-hybridized carbons (Fsp3) is 0.867. The fourth-order valence-corrected chi connectivity index (χ4v) is 2.78. The Morgan fingerprint density at radius 3 is 2.76 bits per heavy atom. The van der Waals surface area contributed by atoms with E-state index in [9.17, 15) is 0 Å². The number of rotatable bonds is 7. The normalized spacial score (nSPS) is 20.5. The van der Waals surface area contributed by atoms with E-state index in [4.69, 9.17) is 4.74 Å². The van der Waals surface area contributed by atoms with Crippen molar-refractivity contribution in [1.82, 2.24) is 5.32 Å². The molecule has 1 N–H and O–H groups in total. The summed E-state index contributed by atoms with van der Waals surface area (Å²) in [5, 5.41) is 3.48. The van der Waals surface area contributed by atoms with Crippen LogP contribution in [0, 0.1) is 0 Å². The second-order valence-electron chi connectivity index (χ2n) is 4.93. The topological polar surface area (TPSA) is 21.3 Å². The average Bonchev–Trinajstić information content (AvgIpc) is 2.60. The van der Waals surface area contributed by atoms with Gasteiger partial charge in [-0.1, -0.05) is 31.4 Å². The minimum absolute atomic E-state index is 0.347. The number of ether oxygens (including phenoxy) is 1. The van der Waals surface area contributed by atoms with Crippen LogP contribution in [0.2, 0.25) is 0 Å². The maximum absolute atomic E-state index is 5.93. The van der Waals surface area contributed by atoms with E-state index in [1.165, 1.54) is 38.5 Å². The van der Waals surface area contributed by atoms with Gasteiger partial charge in [0.15, 0.2) is 0 Å². The van der Waals surface area contributed by atoms with Crippen LogP contribution in [-0.4, -0.2) is 25.8 Å². The SMILES string of the molecule is CCCC(OCC)C(NC)C1=CCCCCC1. The molecular formula is C15H29NO. The van der Waals surface area contributed by atoms with Gasteiger partial charge >= 0.3 is 0 Å². The van der Waals surface area contributed by atoms with Gasteiger partial charge in [0, 0.05) is 6.61 Å². The zero-order valence-corrected chi connectivity index (χ0v) is 11.8. The van der Waals surface area contributed by atoms with Crippen LogP contribution < -0.4 is 5.32 Å². The number of likely N-dealkylation sites (N-methyl/N-ethyl adjacent to an activating group) is 1. The van der Waals surface area contributed by atoms with E-state index in [-0.39, 0.29) is 0 Å². The van der Waals surface area contributed by atoms with E-state index in [1.54, 1.807) is 5.57 Å². The van der Waals surface area contributed by atoms with E-state index in [0.717, 1.165) is 13.0 Å². The summed E-state index contributed by atoms with van der Waals surface area (Å²) >= 11 is 0. The van der Waals surface area contributed by atoms with Crippen molar-refractivity contribution in [2.24, 2.45) is 0 Å². The van der Waals surface area contributed by atoms with E-state index in [1.807, 2.05) is 0 Å². The van der Waals surface area contributed by atoms with E-state index < -0.39 is 0 Å². The van der Waals surface area contributed by atoms with Gasteiger partial charge in [-0.3, -0.25) is 0 Å². The summed E-state index contributed by atoms with van der Waals surface area (Å²) in [6, 6.07) is 0.424. The van der Waals surface area contributed by atoms with Gasteiger partial charge in [0.2, 0.25) is 0 Å². The van der Waals surface area contributed by atoms with Crippen LogP contribution in [0.4, 0.5) is 0 Å². The molecule has 0 aliphatic heterocycles. The third kappa shape index (κ3) is 4.81. The number of allylic oxidation sites excluding steroid dienone is 1. The number of nitrogens with one attached hydrogen (secondary N) is 1. The molecule has 0 spiro atoms. The van der Waals surface area contributed by atoms with Crippen LogP contribution >= 0.6 is 0 Å². The monoisotopic (exact) mass is 239 g/mol. The molecule has 2 nitrogen and oxygen atoms in total. The molecule has 0 saturated heterocycles. The van der Waals surface area contributed by atoms with Crippen molar-refractivity contribution >= 4 is 0 Å². The number of hydrogen-bond donors (Lipinski definition) is 1. The summed E-state index contributed by atoms with van der Waals surface area (Å²) in [6.07, 6.45) is 11.7. The summed E-state index contributed by atoms with van der Waals surface area (Å²) in [6.45, 7) is 5.15. The molecule has 2 heteroatoms. The standard InChI is InChI=1S/C15H29NO/c1-4-10-14(17-5-2)15(16-3)13-11-8-6-7-9-12-13/h11,14-16H,4-10,12H2,1-3H3. The van der Waals surface area contributed by atoms with Crippen LogP contribution in [0.5, 0.6) is 0 Å². The second-order valence-corrected chi connectivity index (χ2v) is 4.93. The van der Waals surface area contributed by atoms with Crippen LogP contribution in [0.3, 0.4) is 0 Å². The lowest BCUT2D eigenvalue weighted by Crippen LogP contribution is -2.41. The van der Waals surface area contributed by atoms with Crippen LogP contribution in [0.1, 0.15) is 58.8 Å². The molecule has 0 bridgehead atoms. The molecule has 0 aromatic heterocycles. The summed E-state index contributed by atoms with van der Waals surface area (Å²) in [7, 11) is 2.07. The molecule has 0 radical (unpaired) electrons. The molecular weight excluding hydrogens is 210 g/mol. The van der Waals surface area contributed by atoms with Gasteiger partial charge in [-0.25, -0.2) is 0 Å². The minimum atomic E-state index is 0.347. The summed E-state index contributed by atoms with van der Waals surface area (Å²) in [5.74, 6) is 0. The lowest BCUT2D eigenvalue weighted by atomic mass is 9.94. The first-order valence-corrected chi connectivity index (χ1v) is 7.31. The quantitative estimate of drug-likeness (QED) is 0.684. The molecule has 1 rings (SSSR count).